The van der Waals surface area contributed by atoms with Gasteiger partial charge in [-0.1, -0.05) is 42.5 Å². The molecule has 1 fully saturated rings. The van der Waals surface area contributed by atoms with Crippen molar-refractivity contribution in [3.05, 3.63) is 84.4 Å². The van der Waals surface area contributed by atoms with E-state index in [0.717, 1.165) is 66.8 Å². The Morgan fingerprint density at radius 2 is 1.53 bits per heavy atom. The third-order valence-corrected chi connectivity index (χ3v) is 5.85. The van der Waals surface area contributed by atoms with Gasteiger partial charge >= 0.3 is 0 Å². The van der Waals surface area contributed by atoms with Gasteiger partial charge in [0, 0.05) is 43.8 Å². The SMILES string of the molecule is COc1ccc(Nc2nc(N3CCN(Cc4ccccc4)CC3)nc3ccccc23)cc1. The number of piperazine rings is 1. The Balaban J connectivity index is 1.35. The fourth-order valence-corrected chi connectivity index (χ4v) is 4.06. The van der Waals surface area contributed by atoms with Gasteiger partial charge in [0.15, 0.2) is 0 Å². The molecule has 32 heavy (non-hydrogen) atoms. The first-order valence-electron chi connectivity index (χ1n) is 11.0. The summed E-state index contributed by atoms with van der Waals surface area (Å²) >= 11 is 0. The molecule has 0 saturated carbocycles. The molecule has 162 valence electrons. The maximum Gasteiger partial charge on any atom is 0.227 e. The van der Waals surface area contributed by atoms with E-state index >= 15 is 0 Å². The first-order valence-corrected chi connectivity index (χ1v) is 11.0. The highest BCUT2D eigenvalue weighted by Gasteiger charge is 2.20. The van der Waals surface area contributed by atoms with E-state index in [1.807, 2.05) is 42.5 Å². The summed E-state index contributed by atoms with van der Waals surface area (Å²) < 4.78 is 5.27. The number of fused-ring (bicyclic) bond motifs is 1. The minimum Gasteiger partial charge on any atom is -0.497 e. The summed E-state index contributed by atoms with van der Waals surface area (Å²) in [5.74, 6) is 2.43. The van der Waals surface area contributed by atoms with Gasteiger partial charge in [-0.3, -0.25) is 4.90 Å². The Morgan fingerprint density at radius 3 is 2.28 bits per heavy atom. The van der Waals surface area contributed by atoms with Crippen molar-refractivity contribution < 1.29 is 4.74 Å². The van der Waals surface area contributed by atoms with Crippen LogP contribution in [0.4, 0.5) is 17.5 Å². The molecule has 0 aliphatic carbocycles. The third kappa shape index (κ3) is 4.50. The van der Waals surface area contributed by atoms with Gasteiger partial charge in [-0.15, -0.1) is 0 Å². The van der Waals surface area contributed by atoms with Gasteiger partial charge in [0.1, 0.15) is 11.6 Å². The maximum absolute atomic E-state index is 5.27. The minimum atomic E-state index is 0.777. The normalized spacial score (nSPS) is 14.5. The molecule has 1 aliphatic heterocycles. The summed E-state index contributed by atoms with van der Waals surface area (Å²) in [6.45, 7) is 4.79. The summed E-state index contributed by atoms with van der Waals surface area (Å²) in [7, 11) is 1.67. The molecule has 1 saturated heterocycles. The Morgan fingerprint density at radius 1 is 0.812 bits per heavy atom. The molecule has 0 unspecified atom stereocenters. The van der Waals surface area contributed by atoms with E-state index in [1.165, 1.54) is 5.56 Å². The lowest BCUT2D eigenvalue weighted by Gasteiger charge is -2.35. The third-order valence-electron chi connectivity index (χ3n) is 5.85. The molecule has 1 aliphatic rings. The number of hydrogen-bond acceptors (Lipinski definition) is 6. The van der Waals surface area contributed by atoms with E-state index in [4.69, 9.17) is 14.7 Å². The number of nitrogens with zero attached hydrogens (tertiary/aromatic N) is 4. The molecule has 0 amide bonds. The number of aromatic nitrogens is 2. The zero-order valence-corrected chi connectivity index (χ0v) is 18.2. The number of hydrogen-bond donors (Lipinski definition) is 1. The van der Waals surface area contributed by atoms with Crippen LogP contribution in [0.25, 0.3) is 10.9 Å². The average Bonchev–Trinajstić information content (AvgIpc) is 2.85. The number of ether oxygens (including phenoxy) is 1. The highest BCUT2D eigenvalue weighted by atomic mass is 16.5. The van der Waals surface area contributed by atoms with Gasteiger partial charge in [-0.2, -0.15) is 4.98 Å². The number of rotatable bonds is 6. The molecule has 3 aromatic carbocycles. The van der Waals surface area contributed by atoms with Crippen LogP contribution in [0, 0.1) is 0 Å². The van der Waals surface area contributed by atoms with Crippen LogP contribution in [0.1, 0.15) is 5.56 Å². The summed E-state index contributed by atoms with van der Waals surface area (Å²) in [5, 5.41) is 4.48. The highest BCUT2D eigenvalue weighted by molar-refractivity contribution is 5.91. The Hall–Kier alpha value is -3.64. The van der Waals surface area contributed by atoms with Gasteiger partial charge in [-0.25, -0.2) is 4.98 Å². The average molecular weight is 426 g/mol. The van der Waals surface area contributed by atoms with E-state index in [1.54, 1.807) is 7.11 Å². The molecule has 0 spiro atoms. The standard InChI is InChI=1S/C26H27N5O/c1-32-22-13-11-21(12-14-22)27-25-23-9-5-6-10-24(23)28-26(29-25)31-17-15-30(16-18-31)19-20-7-3-2-4-8-20/h2-14H,15-19H2,1H3,(H,27,28,29). The van der Waals surface area contributed by atoms with Gasteiger partial charge in [-0.05, 0) is 42.0 Å². The molecule has 6 nitrogen and oxygen atoms in total. The van der Waals surface area contributed by atoms with Gasteiger partial charge in [0.2, 0.25) is 5.95 Å². The van der Waals surface area contributed by atoms with Crippen LogP contribution >= 0.6 is 0 Å². The van der Waals surface area contributed by atoms with Crippen molar-refractivity contribution in [2.45, 2.75) is 6.54 Å². The van der Waals surface area contributed by atoms with Gasteiger partial charge in [0.25, 0.3) is 0 Å². The zero-order valence-electron chi connectivity index (χ0n) is 18.2. The molecular formula is C26H27N5O. The molecule has 0 atom stereocenters. The van der Waals surface area contributed by atoms with Crippen LogP contribution in [-0.4, -0.2) is 48.2 Å². The summed E-state index contributed by atoms with van der Waals surface area (Å²) in [5.41, 5.74) is 3.27. The second kappa shape index (κ2) is 9.24. The van der Waals surface area contributed by atoms with Crippen molar-refractivity contribution in [3.63, 3.8) is 0 Å². The molecular weight excluding hydrogens is 398 g/mol. The fraction of sp³-hybridized carbons (Fsp3) is 0.231. The second-order valence-corrected chi connectivity index (χ2v) is 7.99. The lowest BCUT2D eigenvalue weighted by molar-refractivity contribution is 0.249. The summed E-state index contributed by atoms with van der Waals surface area (Å²) in [4.78, 5) is 14.6. The summed E-state index contributed by atoms with van der Waals surface area (Å²) in [6, 6.07) is 26.7. The number of methoxy groups -OCH3 is 1. The molecule has 6 heteroatoms. The minimum absolute atomic E-state index is 0.777. The Labute approximate surface area is 188 Å². The summed E-state index contributed by atoms with van der Waals surface area (Å²) in [6.07, 6.45) is 0. The molecule has 4 aromatic rings. The van der Waals surface area contributed by atoms with Gasteiger partial charge < -0.3 is 15.0 Å². The smallest absolute Gasteiger partial charge is 0.227 e. The van der Waals surface area contributed by atoms with Crippen LogP contribution in [0.3, 0.4) is 0 Å². The molecule has 1 aromatic heterocycles. The molecule has 2 heterocycles. The quantitative estimate of drug-likeness (QED) is 0.483. The van der Waals surface area contributed by atoms with Crippen molar-refractivity contribution >= 4 is 28.4 Å². The highest BCUT2D eigenvalue weighted by Crippen LogP contribution is 2.27. The van der Waals surface area contributed by atoms with E-state index in [-0.39, 0.29) is 0 Å². The topological polar surface area (TPSA) is 53.5 Å². The number of anilines is 3. The lowest BCUT2D eigenvalue weighted by Crippen LogP contribution is -2.46. The largest absolute Gasteiger partial charge is 0.497 e. The van der Waals surface area contributed by atoms with E-state index in [2.05, 4.69) is 51.5 Å². The second-order valence-electron chi connectivity index (χ2n) is 7.99. The van der Waals surface area contributed by atoms with Crippen molar-refractivity contribution in [2.75, 3.05) is 43.5 Å². The van der Waals surface area contributed by atoms with Crippen molar-refractivity contribution in [1.82, 2.24) is 14.9 Å². The van der Waals surface area contributed by atoms with Crippen molar-refractivity contribution in [3.8, 4) is 5.75 Å². The molecule has 0 radical (unpaired) electrons. The fourth-order valence-electron chi connectivity index (χ4n) is 4.06. The van der Waals surface area contributed by atoms with Crippen LogP contribution in [0.2, 0.25) is 0 Å². The van der Waals surface area contributed by atoms with Crippen LogP contribution in [-0.2, 0) is 6.54 Å². The van der Waals surface area contributed by atoms with Crippen LogP contribution < -0.4 is 15.0 Å². The number of nitrogens with one attached hydrogen (secondary N) is 1. The van der Waals surface area contributed by atoms with E-state index in [9.17, 15) is 0 Å². The molecule has 0 bridgehead atoms. The first kappa shape index (κ1) is 20.3. The molecule has 1 N–H and O–H groups in total. The number of benzene rings is 3. The van der Waals surface area contributed by atoms with Crippen LogP contribution in [0.5, 0.6) is 5.75 Å². The monoisotopic (exact) mass is 425 g/mol. The van der Waals surface area contributed by atoms with Crippen molar-refractivity contribution in [2.24, 2.45) is 0 Å². The zero-order chi connectivity index (χ0) is 21.8. The lowest BCUT2D eigenvalue weighted by atomic mass is 10.2. The maximum atomic E-state index is 5.27. The Kier molecular flexibility index (Phi) is 5.85. The van der Waals surface area contributed by atoms with E-state index in [0.29, 0.717) is 0 Å². The number of para-hydroxylation sites is 1. The molecule has 5 rings (SSSR count). The van der Waals surface area contributed by atoms with E-state index < -0.39 is 0 Å². The predicted molar refractivity (Wildman–Crippen MR) is 130 cm³/mol. The van der Waals surface area contributed by atoms with Crippen LogP contribution in [0.15, 0.2) is 78.9 Å². The first-order chi connectivity index (χ1) is 15.8. The van der Waals surface area contributed by atoms with Crippen molar-refractivity contribution in [1.29, 1.82) is 0 Å². The van der Waals surface area contributed by atoms with Gasteiger partial charge in [0.05, 0.1) is 12.6 Å². The Bertz CT molecular complexity index is 1170. The predicted octanol–water partition coefficient (Wildman–Crippen LogP) is 4.70.